The summed E-state index contributed by atoms with van der Waals surface area (Å²) in [7, 11) is 0. The molecule has 3 saturated carbocycles. The van der Waals surface area contributed by atoms with Crippen LogP contribution in [0.3, 0.4) is 0 Å². The maximum Gasteiger partial charge on any atom is 0.310 e. The summed E-state index contributed by atoms with van der Waals surface area (Å²) in [6.07, 6.45) is 8.18. The number of benzene rings is 1. The molecule has 8 rings (SSSR count). The standard InChI is InChI=1S/C29H35N5O3/c1-16-9-17(2)31-27(30-16)33-15-20-13-28-6-5-22(33)26(20)29(28)7-8-32(14-18-3-4-18)25(28)11-19-10-23(34(36)37)24(35)12-21(19)29/h9-10,12,18,20,22,25-26,35H,3-8,11,13-15H2,1-2H3/t20-,22?,25?,26?,28?,29?/m1/s1. The summed E-state index contributed by atoms with van der Waals surface area (Å²) in [5.41, 5.74) is 4.35. The van der Waals surface area contributed by atoms with Gasteiger partial charge < -0.3 is 10.0 Å². The smallest absolute Gasteiger partial charge is 0.310 e. The first-order valence-electron chi connectivity index (χ1n) is 14.1. The number of likely N-dealkylation sites (tertiary alicyclic amines) is 1. The summed E-state index contributed by atoms with van der Waals surface area (Å²) in [5.74, 6) is 2.55. The number of rotatable bonds is 4. The summed E-state index contributed by atoms with van der Waals surface area (Å²) in [6.45, 7) is 7.36. The van der Waals surface area contributed by atoms with Crippen molar-refractivity contribution in [3.63, 3.8) is 0 Å². The van der Waals surface area contributed by atoms with Crippen molar-refractivity contribution in [1.82, 2.24) is 14.9 Å². The number of nitrogens with zero attached hydrogens (tertiary/aromatic N) is 5. The van der Waals surface area contributed by atoms with Crippen molar-refractivity contribution >= 4 is 11.6 Å². The molecular formula is C29H35N5O3. The number of hydrogen-bond acceptors (Lipinski definition) is 7. The maximum absolute atomic E-state index is 11.8. The van der Waals surface area contributed by atoms with Gasteiger partial charge in [0.15, 0.2) is 5.75 Å². The van der Waals surface area contributed by atoms with Gasteiger partial charge in [-0.15, -0.1) is 0 Å². The SMILES string of the molecule is Cc1cc(C)nc(N2C[C@H]3CC45CCC2C3C42CCN(CC3CC3)C5Cc3cc([N+](=O)[O-])c(O)cc32)n1. The van der Waals surface area contributed by atoms with Gasteiger partial charge in [-0.05, 0) is 112 Å². The summed E-state index contributed by atoms with van der Waals surface area (Å²) in [5, 5.41) is 22.6. The summed E-state index contributed by atoms with van der Waals surface area (Å²) in [6, 6.07) is 6.39. The van der Waals surface area contributed by atoms with Crippen LogP contribution >= 0.6 is 0 Å². The highest BCUT2D eigenvalue weighted by Gasteiger charge is 2.76. The number of aromatic nitrogens is 2. The second-order valence-corrected chi connectivity index (χ2v) is 13.0. The van der Waals surface area contributed by atoms with Crippen molar-refractivity contribution in [1.29, 1.82) is 0 Å². The molecule has 194 valence electrons. The molecule has 4 aliphatic carbocycles. The summed E-state index contributed by atoms with van der Waals surface area (Å²) < 4.78 is 0. The van der Waals surface area contributed by atoms with Gasteiger partial charge >= 0.3 is 5.69 Å². The number of fused-ring (bicyclic) bond motifs is 1. The highest BCUT2D eigenvalue weighted by Crippen LogP contribution is 2.75. The molecule has 37 heavy (non-hydrogen) atoms. The first kappa shape index (κ1) is 22.3. The Kier molecular flexibility index (Phi) is 4.34. The fourth-order valence-electron chi connectivity index (χ4n) is 10.2. The van der Waals surface area contributed by atoms with Crippen LogP contribution in [0.1, 0.15) is 61.0 Å². The molecule has 8 nitrogen and oxygen atoms in total. The lowest BCUT2D eigenvalue weighted by Crippen LogP contribution is -2.69. The van der Waals surface area contributed by atoms with E-state index < -0.39 is 4.92 Å². The number of anilines is 1. The molecule has 6 aliphatic rings. The van der Waals surface area contributed by atoms with E-state index in [1.165, 1.54) is 37.8 Å². The molecule has 3 heterocycles. The molecule has 6 atom stereocenters. The van der Waals surface area contributed by atoms with E-state index in [0.717, 1.165) is 61.2 Å². The van der Waals surface area contributed by atoms with E-state index in [1.807, 2.05) is 26.0 Å². The van der Waals surface area contributed by atoms with Crippen molar-refractivity contribution in [2.75, 3.05) is 24.5 Å². The summed E-state index contributed by atoms with van der Waals surface area (Å²) in [4.78, 5) is 26.4. The van der Waals surface area contributed by atoms with Crippen LogP contribution in [-0.4, -0.2) is 56.6 Å². The predicted molar refractivity (Wildman–Crippen MR) is 139 cm³/mol. The fourth-order valence-corrected chi connectivity index (χ4v) is 10.2. The van der Waals surface area contributed by atoms with E-state index in [0.29, 0.717) is 23.9 Å². The van der Waals surface area contributed by atoms with Crippen LogP contribution in [0.15, 0.2) is 18.2 Å². The molecule has 0 radical (unpaired) electrons. The van der Waals surface area contributed by atoms with Gasteiger partial charge in [0.1, 0.15) is 0 Å². The van der Waals surface area contributed by atoms with Crippen LogP contribution < -0.4 is 4.90 Å². The molecule has 1 aromatic heterocycles. The maximum atomic E-state index is 11.8. The minimum absolute atomic E-state index is 0.0425. The van der Waals surface area contributed by atoms with Gasteiger partial charge in [-0.2, -0.15) is 0 Å². The van der Waals surface area contributed by atoms with Gasteiger partial charge in [-0.3, -0.25) is 15.0 Å². The average Bonchev–Trinajstić information content (AvgIpc) is 3.53. The van der Waals surface area contributed by atoms with Crippen molar-refractivity contribution in [2.24, 2.45) is 23.2 Å². The lowest BCUT2D eigenvalue weighted by molar-refractivity contribution is -0.386. The van der Waals surface area contributed by atoms with Gasteiger partial charge in [0.2, 0.25) is 5.95 Å². The minimum atomic E-state index is -0.423. The number of aryl methyl sites for hydroxylation is 2. The molecule has 0 spiro atoms. The van der Waals surface area contributed by atoms with Crippen LogP contribution in [0, 0.1) is 47.1 Å². The first-order valence-corrected chi connectivity index (χ1v) is 14.1. The second kappa shape index (κ2) is 7.22. The molecule has 5 unspecified atom stereocenters. The van der Waals surface area contributed by atoms with Crippen LogP contribution in [0.25, 0.3) is 0 Å². The number of aromatic hydroxyl groups is 1. The van der Waals surface area contributed by atoms with Gasteiger partial charge in [-0.25, -0.2) is 9.97 Å². The molecule has 8 heteroatoms. The molecule has 1 aromatic carbocycles. The molecule has 1 N–H and O–H groups in total. The Labute approximate surface area is 217 Å². The lowest BCUT2D eigenvalue weighted by Gasteiger charge is -2.66. The predicted octanol–water partition coefficient (Wildman–Crippen LogP) is 4.29. The highest BCUT2D eigenvalue weighted by atomic mass is 16.6. The normalized spacial score (nSPS) is 37.4. The minimum Gasteiger partial charge on any atom is -0.502 e. The zero-order chi connectivity index (χ0) is 25.3. The van der Waals surface area contributed by atoms with E-state index >= 15 is 0 Å². The number of phenolic OH excluding ortho intramolecular Hbond substituents is 1. The quantitative estimate of drug-likeness (QED) is 0.493. The summed E-state index contributed by atoms with van der Waals surface area (Å²) >= 11 is 0. The number of piperidine rings is 1. The van der Waals surface area contributed by atoms with E-state index in [9.17, 15) is 15.2 Å². The number of nitro benzene ring substituents is 1. The van der Waals surface area contributed by atoms with Gasteiger partial charge in [0.05, 0.1) is 4.92 Å². The molecule has 5 fully saturated rings. The second-order valence-electron chi connectivity index (χ2n) is 13.0. The van der Waals surface area contributed by atoms with Crippen LogP contribution in [0.2, 0.25) is 0 Å². The Hall–Kier alpha value is -2.74. The molecular weight excluding hydrogens is 466 g/mol. The molecule has 4 bridgehead atoms. The third kappa shape index (κ3) is 2.77. The number of phenols is 1. The van der Waals surface area contributed by atoms with Gasteiger partial charge in [-0.1, -0.05) is 0 Å². The van der Waals surface area contributed by atoms with E-state index in [-0.39, 0.29) is 22.3 Å². The monoisotopic (exact) mass is 501 g/mol. The average molecular weight is 502 g/mol. The van der Waals surface area contributed by atoms with Crippen molar-refractivity contribution in [3.05, 3.63) is 50.8 Å². The third-order valence-corrected chi connectivity index (χ3v) is 11.3. The van der Waals surface area contributed by atoms with Gasteiger partial charge in [0.25, 0.3) is 0 Å². The molecule has 2 aromatic rings. The molecule has 0 amide bonds. The number of nitro groups is 1. The Balaban J connectivity index is 1.29. The van der Waals surface area contributed by atoms with Crippen molar-refractivity contribution in [2.45, 2.75) is 76.3 Å². The van der Waals surface area contributed by atoms with Crippen LogP contribution in [-0.2, 0) is 11.8 Å². The Morgan fingerprint density at radius 3 is 2.65 bits per heavy atom. The van der Waals surface area contributed by atoms with E-state index in [1.54, 1.807) is 6.07 Å². The Bertz CT molecular complexity index is 1320. The first-order chi connectivity index (χ1) is 17.8. The van der Waals surface area contributed by atoms with Crippen LogP contribution in [0.5, 0.6) is 5.75 Å². The Morgan fingerprint density at radius 2 is 1.92 bits per heavy atom. The Morgan fingerprint density at radius 1 is 1.14 bits per heavy atom. The van der Waals surface area contributed by atoms with Crippen molar-refractivity contribution < 1.29 is 10.0 Å². The zero-order valence-electron chi connectivity index (χ0n) is 21.7. The number of hydrogen-bond donors (Lipinski definition) is 1. The van der Waals surface area contributed by atoms with Crippen LogP contribution in [0.4, 0.5) is 11.6 Å². The topological polar surface area (TPSA) is 95.6 Å². The van der Waals surface area contributed by atoms with E-state index in [4.69, 9.17) is 9.97 Å². The molecule has 2 saturated heterocycles. The largest absolute Gasteiger partial charge is 0.502 e. The third-order valence-electron chi connectivity index (χ3n) is 11.3. The van der Waals surface area contributed by atoms with Crippen molar-refractivity contribution in [3.8, 4) is 5.75 Å². The fraction of sp³-hybridized carbons (Fsp3) is 0.655. The zero-order valence-corrected chi connectivity index (χ0v) is 21.7. The van der Waals surface area contributed by atoms with Gasteiger partial charge in [0, 0.05) is 48.0 Å². The lowest BCUT2D eigenvalue weighted by atomic mass is 9.43. The highest BCUT2D eigenvalue weighted by molar-refractivity contribution is 5.59. The van der Waals surface area contributed by atoms with E-state index in [2.05, 4.69) is 9.80 Å². The molecule has 2 aliphatic heterocycles.